The zero-order valence-corrected chi connectivity index (χ0v) is 16.8. The fraction of sp³-hybridized carbons (Fsp3) is 0.333. The van der Waals surface area contributed by atoms with Gasteiger partial charge in [-0.15, -0.1) is 0 Å². The van der Waals surface area contributed by atoms with Gasteiger partial charge in [0.15, 0.2) is 0 Å². The van der Waals surface area contributed by atoms with Gasteiger partial charge in [0.25, 0.3) is 0 Å². The Bertz CT molecular complexity index is 771. The van der Waals surface area contributed by atoms with Crippen molar-refractivity contribution < 1.29 is 28.9 Å². The monoisotopic (exact) mass is 419 g/mol. The maximum absolute atomic E-state index is 12.3. The molecule has 156 valence electrons. The van der Waals surface area contributed by atoms with E-state index in [1.807, 2.05) is 24.3 Å². The Morgan fingerprint density at radius 2 is 1.86 bits per heavy atom. The summed E-state index contributed by atoms with van der Waals surface area (Å²) in [6.07, 6.45) is -0.197. The highest BCUT2D eigenvalue weighted by Gasteiger charge is 2.18. The number of anilines is 1. The van der Waals surface area contributed by atoms with E-state index in [0.29, 0.717) is 24.3 Å². The average Bonchev–Trinajstić information content (AvgIpc) is 2.75. The van der Waals surface area contributed by atoms with E-state index in [2.05, 4.69) is 17.9 Å². The number of ether oxygens (including phenoxy) is 3. The number of nitrogens with one attached hydrogen (secondary N) is 1. The lowest BCUT2D eigenvalue weighted by atomic mass is 10.0. The van der Waals surface area contributed by atoms with Crippen LogP contribution in [0.25, 0.3) is 0 Å². The first kappa shape index (κ1) is 22.6. The van der Waals surface area contributed by atoms with Crippen LogP contribution in [0.2, 0.25) is 0 Å². The van der Waals surface area contributed by atoms with Crippen molar-refractivity contribution in [3.8, 4) is 5.75 Å². The minimum Gasteiger partial charge on any atom is -0.491 e. The Hall–Kier alpha value is -2.71. The van der Waals surface area contributed by atoms with Crippen molar-refractivity contribution in [1.29, 1.82) is 0 Å². The number of carbonyl (C=O) groups excluding carboxylic acids is 2. The molecule has 0 aliphatic heterocycles. The van der Waals surface area contributed by atoms with E-state index in [9.17, 15) is 9.59 Å². The third-order valence-electron chi connectivity index (χ3n) is 3.86. The molecular weight excluding hydrogens is 394 g/mol. The molecule has 0 unspecified atom stereocenters. The number of benzene rings is 2. The molecule has 2 rings (SSSR count). The van der Waals surface area contributed by atoms with Crippen LogP contribution in [0.15, 0.2) is 54.6 Å². The maximum Gasteiger partial charge on any atom is 0.412 e. The van der Waals surface area contributed by atoms with Gasteiger partial charge < -0.3 is 19.3 Å². The molecule has 2 aromatic carbocycles. The van der Waals surface area contributed by atoms with E-state index in [1.165, 1.54) is 0 Å². The first-order valence-corrected chi connectivity index (χ1v) is 9.88. The number of para-hydroxylation sites is 1. The van der Waals surface area contributed by atoms with Crippen LogP contribution in [0.4, 0.5) is 10.5 Å². The molecule has 0 aliphatic rings. The zero-order chi connectivity index (χ0) is 20.9. The topological polar surface area (TPSA) is 94.1 Å². The largest absolute Gasteiger partial charge is 0.491 e. The van der Waals surface area contributed by atoms with Crippen LogP contribution in [0, 0.1) is 0 Å². The number of aliphatic hydroxyl groups excluding tert-OH is 1. The summed E-state index contributed by atoms with van der Waals surface area (Å²) >= 11 is 3.86. The molecule has 1 atom stereocenters. The van der Waals surface area contributed by atoms with Crippen LogP contribution >= 0.6 is 12.6 Å². The van der Waals surface area contributed by atoms with E-state index in [4.69, 9.17) is 19.3 Å². The second kappa shape index (κ2) is 12.7. The molecule has 0 saturated heterocycles. The highest BCUT2D eigenvalue weighted by atomic mass is 32.1. The molecule has 2 aromatic rings. The van der Waals surface area contributed by atoms with E-state index in [0.717, 1.165) is 5.56 Å². The molecule has 1 amide bonds. The molecule has 0 saturated carbocycles. The summed E-state index contributed by atoms with van der Waals surface area (Å²) in [6, 6.07) is 16.1. The molecule has 7 nitrogen and oxygen atoms in total. The van der Waals surface area contributed by atoms with Crippen molar-refractivity contribution in [1.82, 2.24) is 0 Å². The Morgan fingerprint density at radius 3 is 2.59 bits per heavy atom. The number of amides is 1. The van der Waals surface area contributed by atoms with Gasteiger partial charge in [0.05, 0.1) is 19.0 Å². The van der Waals surface area contributed by atoms with E-state index in [-0.39, 0.29) is 25.6 Å². The summed E-state index contributed by atoms with van der Waals surface area (Å²) in [5.74, 6) is 0.186. The van der Waals surface area contributed by atoms with Gasteiger partial charge in [-0.1, -0.05) is 30.3 Å². The van der Waals surface area contributed by atoms with Crippen LogP contribution in [0.3, 0.4) is 0 Å². The third-order valence-corrected chi connectivity index (χ3v) is 4.12. The molecule has 29 heavy (non-hydrogen) atoms. The highest BCUT2D eigenvalue weighted by molar-refractivity contribution is 7.81. The van der Waals surface area contributed by atoms with Crippen LogP contribution in [0.1, 0.15) is 24.5 Å². The molecular formula is C21H25NO6S. The van der Waals surface area contributed by atoms with Gasteiger partial charge in [0.2, 0.25) is 0 Å². The van der Waals surface area contributed by atoms with Gasteiger partial charge in [-0.3, -0.25) is 10.1 Å². The fourth-order valence-electron chi connectivity index (χ4n) is 2.56. The summed E-state index contributed by atoms with van der Waals surface area (Å²) < 4.78 is 16.1. The Kier molecular flexibility index (Phi) is 9.88. The second-order valence-electron chi connectivity index (χ2n) is 6.05. The minimum atomic E-state index is -0.588. The molecule has 0 bridgehead atoms. The summed E-state index contributed by atoms with van der Waals surface area (Å²) in [4.78, 5) is 23.6. The van der Waals surface area contributed by atoms with Crippen molar-refractivity contribution in [2.24, 2.45) is 0 Å². The minimum absolute atomic E-state index is 0.0175. The summed E-state index contributed by atoms with van der Waals surface area (Å²) in [5, 5.41) is 11.6. The maximum atomic E-state index is 12.3. The number of aliphatic hydroxyl groups is 1. The second-order valence-corrected chi connectivity index (χ2v) is 6.37. The smallest absolute Gasteiger partial charge is 0.412 e. The lowest BCUT2D eigenvalue weighted by molar-refractivity contribution is -0.140. The van der Waals surface area contributed by atoms with Crippen LogP contribution in [-0.2, 0) is 14.3 Å². The average molecular weight is 419 g/mol. The first-order chi connectivity index (χ1) is 14.1. The molecule has 0 fully saturated rings. The highest BCUT2D eigenvalue weighted by Crippen LogP contribution is 2.27. The quantitative estimate of drug-likeness (QED) is 0.293. The lowest BCUT2D eigenvalue weighted by Gasteiger charge is -2.19. The van der Waals surface area contributed by atoms with E-state index >= 15 is 0 Å². The van der Waals surface area contributed by atoms with Gasteiger partial charge in [-0.25, -0.2) is 4.79 Å². The number of hydrogen-bond acceptors (Lipinski definition) is 7. The van der Waals surface area contributed by atoms with Gasteiger partial charge in [0.1, 0.15) is 18.5 Å². The van der Waals surface area contributed by atoms with E-state index in [1.54, 1.807) is 30.3 Å². The first-order valence-electron chi connectivity index (χ1n) is 9.25. The summed E-state index contributed by atoms with van der Waals surface area (Å²) in [7, 11) is 0. The van der Waals surface area contributed by atoms with Crippen molar-refractivity contribution in [2.45, 2.75) is 18.9 Å². The van der Waals surface area contributed by atoms with Gasteiger partial charge in [-0.05, 0) is 42.7 Å². The lowest BCUT2D eigenvalue weighted by Crippen LogP contribution is -2.18. The standard InChI is InChI=1S/C21H25NO6S/c23-11-13-26-18-9-4-6-16(14-18)19(10-5-12-27-20(24)15-29)28-21(25)22-17-7-2-1-3-8-17/h1-4,6-9,14,19,23,29H,5,10-13,15H2,(H,22,25)/t19-/m1/s1. The van der Waals surface area contributed by atoms with Gasteiger partial charge >= 0.3 is 12.1 Å². The number of rotatable bonds is 11. The zero-order valence-electron chi connectivity index (χ0n) is 16.0. The molecule has 2 N–H and O–H groups in total. The third kappa shape index (κ3) is 8.45. The predicted molar refractivity (Wildman–Crippen MR) is 112 cm³/mol. The molecule has 8 heteroatoms. The Labute approximate surface area is 175 Å². The molecule has 0 heterocycles. The molecule has 0 spiro atoms. The fourth-order valence-corrected chi connectivity index (χ4v) is 2.65. The molecule has 0 aliphatic carbocycles. The van der Waals surface area contributed by atoms with Gasteiger partial charge in [-0.2, -0.15) is 12.6 Å². The van der Waals surface area contributed by atoms with Gasteiger partial charge in [0, 0.05) is 5.69 Å². The number of esters is 1. The SMILES string of the molecule is O=C(CS)OCCC[C@@H](OC(=O)Nc1ccccc1)c1cccc(OCCO)c1. The van der Waals surface area contributed by atoms with Crippen LogP contribution in [0.5, 0.6) is 5.75 Å². The van der Waals surface area contributed by atoms with Crippen LogP contribution in [-0.4, -0.2) is 42.7 Å². The van der Waals surface area contributed by atoms with Crippen molar-refractivity contribution >= 4 is 30.4 Å². The molecule has 0 radical (unpaired) electrons. The number of hydrogen-bond donors (Lipinski definition) is 3. The number of thiol groups is 1. The Morgan fingerprint density at radius 1 is 1.07 bits per heavy atom. The molecule has 0 aromatic heterocycles. The normalized spacial score (nSPS) is 11.4. The van der Waals surface area contributed by atoms with Crippen molar-refractivity contribution in [3.63, 3.8) is 0 Å². The van der Waals surface area contributed by atoms with Crippen molar-refractivity contribution in [2.75, 3.05) is 30.9 Å². The number of carbonyl (C=O) groups is 2. The Balaban J connectivity index is 2.03. The summed E-state index contributed by atoms with van der Waals surface area (Å²) in [5.41, 5.74) is 1.36. The predicted octanol–water partition coefficient (Wildman–Crippen LogP) is 3.60. The van der Waals surface area contributed by atoms with E-state index < -0.39 is 18.2 Å². The van der Waals surface area contributed by atoms with Crippen LogP contribution < -0.4 is 10.1 Å². The van der Waals surface area contributed by atoms with Crippen molar-refractivity contribution in [3.05, 3.63) is 60.2 Å². The summed E-state index contributed by atoms with van der Waals surface area (Å²) in [6.45, 7) is 0.281.